The highest BCUT2D eigenvalue weighted by atomic mass is 31.0. The molecule has 0 heterocycles. The number of rotatable bonds is 1. The number of hydrogen-bond donors (Lipinski definition) is 0. The molecular weight excluding hydrogens is 127 g/mol. The van der Waals surface area contributed by atoms with E-state index in [9.17, 15) is 0 Å². The first kappa shape index (κ1) is 7.54. The van der Waals surface area contributed by atoms with Crippen molar-refractivity contribution in [3.05, 3.63) is 0 Å². The van der Waals surface area contributed by atoms with Crippen molar-refractivity contribution < 1.29 is 0 Å². The smallest absolute Gasteiger partial charge is 0.0174 e. The van der Waals surface area contributed by atoms with E-state index in [2.05, 4.69) is 36.9 Å². The van der Waals surface area contributed by atoms with Crippen molar-refractivity contribution in [1.29, 1.82) is 0 Å². The second-order valence-electron chi connectivity index (χ2n) is 3.84. The molecule has 0 amide bonds. The Morgan fingerprint density at radius 3 is 1.78 bits per heavy atom. The van der Waals surface area contributed by atoms with Crippen LogP contribution >= 0.6 is 9.24 Å². The van der Waals surface area contributed by atoms with Gasteiger partial charge in [-0.3, -0.25) is 0 Å². The lowest BCUT2D eigenvalue weighted by Gasteiger charge is -2.14. The third-order valence-corrected chi connectivity index (χ3v) is 4.67. The van der Waals surface area contributed by atoms with Crippen molar-refractivity contribution in [3.63, 3.8) is 0 Å². The average molecular weight is 144 g/mol. The van der Waals surface area contributed by atoms with Gasteiger partial charge in [0.15, 0.2) is 0 Å². The minimum Gasteiger partial charge on any atom is -0.134 e. The summed E-state index contributed by atoms with van der Waals surface area (Å²) < 4.78 is 0. The SMILES string of the molecule is CC(C)C1(C)C(C)C1P. The summed E-state index contributed by atoms with van der Waals surface area (Å²) in [5.74, 6) is 1.76. The molecule has 0 aliphatic heterocycles. The Bertz CT molecular complexity index is 100. The van der Waals surface area contributed by atoms with Crippen LogP contribution in [0.2, 0.25) is 0 Å². The fourth-order valence-electron chi connectivity index (χ4n) is 1.70. The van der Waals surface area contributed by atoms with E-state index < -0.39 is 0 Å². The van der Waals surface area contributed by atoms with Gasteiger partial charge in [0.25, 0.3) is 0 Å². The van der Waals surface area contributed by atoms with Crippen LogP contribution in [0.25, 0.3) is 0 Å². The second kappa shape index (κ2) is 1.95. The molecule has 0 radical (unpaired) electrons. The standard InChI is InChI=1S/C8H17P/c1-5(2)8(4)6(3)7(8)9/h5-7H,9H2,1-4H3. The van der Waals surface area contributed by atoms with E-state index in [1.807, 2.05) is 0 Å². The lowest BCUT2D eigenvalue weighted by atomic mass is 9.92. The topological polar surface area (TPSA) is 0 Å². The van der Waals surface area contributed by atoms with E-state index >= 15 is 0 Å². The average Bonchev–Trinajstić information content (AvgIpc) is 2.22. The van der Waals surface area contributed by atoms with Crippen molar-refractivity contribution in [2.24, 2.45) is 17.3 Å². The summed E-state index contributed by atoms with van der Waals surface area (Å²) in [6.07, 6.45) is 0. The normalized spacial score (nSPS) is 50.0. The van der Waals surface area contributed by atoms with Crippen LogP contribution in [0.3, 0.4) is 0 Å². The summed E-state index contributed by atoms with van der Waals surface area (Å²) in [4.78, 5) is 0. The lowest BCUT2D eigenvalue weighted by Crippen LogP contribution is -2.08. The molecule has 0 bridgehead atoms. The van der Waals surface area contributed by atoms with Crippen molar-refractivity contribution in [2.45, 2.75) is 33.4 Å². The van der Waals surface area contributed by atoms with Gasteiger partial charge in [-0.2, -0.15) is 0 Å². The van der Waals surface area contributed by atoms with Crippen LogP contribution in [0.15, 0.2) is 0 Å². The highest BCUT2D eigenvalue weighted by Gasteiger charge is 2.56. The van der Waals surface area contributed by atoms with E-state index in [4.69, 9.17) is 0 Å². The molecule has 1 aliphatic carbocycles. The first-order valence-electron chi connectivity index (χ1n) is 3.76. The monoisotopic (exact) mass is 144 g/mol. The van der Waals surface area contributed by atoms with Crippen LogP contribution in [-0.4, -0.2) is 5.66 Å². The summed E-state index contributed by atoms with van der Waals surface area (Å²) >= 11 is 0. The Morgan fingerprint density at radius 2 is 1.78 bits per heavy atom. The van der Waals surface area contributed by atoms with E-state index in [0.29, 0.717) is 5.41 Å². The molecule has 9 heavy (non-hydrogen) atoms. The van der Waals surface area contributed by atoms with Crippen LogP contribution in [0.5, 0.6) is 0 Å². The molecule has 0 aromatic heterocycles. The Kier molecular flexibility index (Phi) is 1.64. The van der Waals surface area contributed by atoms with Crippen LogP contribution in [-0.2, 0) is 0 Å². The molecule has 0 aromatic rings. The molecule has 4 atom stereocenters. The van der Waals surface area contributed by atoms with Gasteiger partial charge in [-0.15, -0.1) is 9.24 Å². The zero-order valence-electron chi connectivity index (χ0n) is 6.81. The summed E-state index contributed by atoms with van der Waals surface area (Å²) in [5.41, 5.74) is 1.50. The fraction of sp³-hybridized carbons (Fsp3) is 1.00. The van der Waals surface area contributed by atoms with Gasteiger partial charge in [0.05, 0.1) is 0 Å². The Morgan fingerprint density at radius 1 is 1.44 bits per heavy atom. The van der Waals surface area contributed by atoms with Crippen LogP contribution in [0, 0.1) is 17.3 Å². The van der Waals surface area contributed by atoms with Crippen molar-refractivity contribution in [3.8, 4) is 0 Å². The molecule has 1 rings (SSSR count). The van der Waals surface area contributed by atoms with Crippen molar-refractivity contribution in [2.75, 3.05) is 0 Å². The van der Waals surface area contributed by atoms with Gasteiger partial charge in [0.2, 0.25) is 0 Å². The predicted molar refractivity (Wildman–Crippen MR) is 45.6 cm³/mol. The molecule has 0 nitrogen and oxygen atoms in total. The molecular formula is C8H17P. The summed E-state index contributed by atoms with van der Waals surface area (Å²) in [6, 6.07) is 0. The molecule has 0 spiro atoms. The Hall–Kier alpha value is 0.430. The molecule has 4 unspecified atom stereocenters. The highest BCUT2D eigenvalue weighted by molar-refractivity contribution is 7.18. The minimum atomic E-state index is 0.630. The predicted octanol–water partition coefficient (Wildman–Crippen LogP) is 2.54. The van der Waals surface area contributed by atoms with Gasteiger partial charge >= 0.3 is 0 Å². The second-order valence-corrected chi connectivity index (χ2v) is 4.55. The first-order chi connectivity index (χ1) is 4.01. The van der Waals surface area contributed by atoms with E-state index in [1.165, 1.54) is 0 Å². The van der Waals surface area contributed by atoms with Gasteiger partial charge in [-0.1, -0.05) is 27.7 Å². The fourth-order valence-corrected chi connectivity index (χ4v) is 2.70. The lowest BCUT2D eigenvalue weighted by molar-refractivity contribution is 0.368. The zero-order valence-corrected chi connectivity index (χ0v) is 7.96. The molecule has 0 N–H and O–H groups in total. The molecule has 1 fully saturated rings. The van der Waals surface area contributed by atoms with Gasteiger partial charge in [0.1, 0.15) is 0 Å². The third-order valence-electron chi connectivity index (χ3n) is 3.37. The maximum absolute atomic E-state index is 2.95. The van der Waals surface area contributed by atoms with Crippen LogP contribution < -0.4 is 0 Å². The highest BCUT2D eigenvalue weighted by Crippen LogP contribution is 2.61. The Labute approximate surface area is 60.6 Å². The van der Waals surface area contributed by atoms with Gasteiger partial charge in [-0.25, -0.2) is 0 Å². The quantitative estimate of drug-likeness (QED) is 0.496. The maximum atomic E-state index is 2.95. The van der Waals surface area contributed by atoms with E-state index in [1.54, 1.807) is 0 Å². The zero-order chi connectivity index (χ0) is 7.23. The van der Waals surface area contributed by atoms with Crippen LogP contribution in [0.4, 0.5) is 0 Å². The maximum Gasteiger partial charge on any atom is -0.0174 e. The third kappa shape index (κ3) is 0.835. The molecule has 0 aromatic carbocycles. The van der Waals surface area contributed by atoms with E-state index in [-0.39, 0.29) is 0 Å². The van der Waals surface area contributed by atoms with Gasteiger partial charge in [-0.05, 0) is 22.9 Å². The summed E-state index contributed by atoms with van der Waals surface area (Å²) in [7, 11) is 2.95. The summed E-state index contributed by atoms with van der Waals surface area (Å²) in [5, 5.41) is 0. The largest absolute Gasteiger partial charge is 0.134 e. The number of hydrogen-bond acceptors (Lipinski definition) is 0. The van der Waals surface area contributed by atoms with Crippen molar-refractivity contribution >= 4 is 9.24 Å². The van der Waals surface area contributed by atoms with Crippen LogP contribution in [0.1, 0.15) is 27.7 Å². The molecule has 1 heteroatoms. The van der Waals surface area contributed by atoms with Gasteiger partial charge in [0, 0.05) is 0 Å². The molecule has 1 aliphatic rings. The molecule has 0 saturated heterocycles. The van der Waals surface area contributed by atoms with E-state index in [0.717, 1.165) is 17.5 Å². The van der Waals surface area contributed by atoms with Gasteiger partial charge < -0.3 is 0 Å². The first-order valence-corrected chi connectivity index (χ1v) is 4.43. The molecule has 54 valence electrons. The minimum absolute atomic E-state index is 0.630. The van der Waals surface area contributed by atoms with Crippen molar-refractivity contribution in [1.82, 2.24) is 0 Å². The summed E-state index contributed by atoms with van der Waals surface area (Å²) in [6.45, 7) is 9.37. The Balaban J connectivity index is 2.60. The molecule has 1 saturated carbocycles.